The van der Waals surface area contributed by atoms with E-state index in [9.17, 15) is 4.79 Å². The summed E-state index contributed by atoms with van der Waals surface area (Å²) in [6, 6.07) is 8.11. The van der Waals surface area contributed by atoms with E-state index in [1.165, 1.54) is 5.56 Å². The van der Waals surface area contributed by atoms with Crippen LogP contribution in [0.25, 0.3) is 0 Å². The van der Waals surface area contributed by atoms with Gasteiger partial charge in [0, 0.05) is 18.4 Å². The van der Waals surface area contributed by atoms with E-state index in [4.69, 9.17) is 4.52 Å². The number of carbonyl (C=O) groups is 1. The van der Waals surface area contributed by atoms with Crippen LogP contribution in [0.5, 0.6) is 0 Å². The van der Waals surface area contributed by atoms with Gasteiger partial charge in [-0.15, -0.1) is 0 Å². The van der Waals surface area contributed by atoms with Gasteiger partial charge in [-0.2, -0.15) is 4.98 Å². The van der Waals surface area contributed by atoms with Crippen LogP contribution in [0.3, 0.4) is 0 Å². The number of likely N-dealkylation sites (tertiary alicyclic amines) is 1. The number of aryl methyl sites for hydroxylation is 1. The first-order chi connectivity index (χ1) is 10.8. The van der Waals surface area contributed by atoms with Crippen molar-refractivity contribution in [1.82, 2.24) is 15.0 Å². The fraction of sp³-hybridized carbons (Fsp3) is 0.500. The molecule has 1 unspecified atom stereocenters. The van der Waals surface area contributed by atoms with Crippen LogP contribution in [0.4, 0.5) is 0 Å². The Hall–Kier alpha value is -2.17. The van der Waals surface area contributed by atoms with Crippen molar-refractivity contribution in [2.24, 2.45) is 0 Å². The van der Waals surface area contributed by atoms with Gasteiger partial charge in [0.2, 0.25) is 11.8 Å². The number of hydrogen-bond donors (Lipinski definition) is 0. The first-order valence-electron chi connectivity index (χ1n) is 8.04. The number of benzene rings is 1. The molecule has 0 radical (unpaired) electrons. The first-order valence-corrected chi connectivity index (χ1v) is 8.04. The van der Waals surface area contributed by atoms with Crippen LogP contribution < -0.4 is 0 Å². The lowest BCUT2D eigenvalue weighted by molar-refractivity contribution is -0.129. The highest BCUT2D eigenvalue weighted by atomic mass is 16.5. The minimum Gasteiger partial charge on any atom is -0.337 e. The van der Waals surface area contributed by atoms with Crippen LogP contribution >= 0.6 is 0 Å². The van der Waals surface area contributed by atoms with Gasteiger partial charge in [0.15, 0.2) is 5.82 Å². The molecule has 1 amide bonds. The average molecular weight is 313 g/mol. The maximum Gasteiger partial charge on any atom is 0.249 e. The standard InChI is InChI=1S/C18H23N3O2/c1-12-6-5-7-13(10-12)11-21-14(8-9-15(21)22)16-19-17(20-23-16)18(2,3)4/h5-7,10,14H,8-9,11H2,1-4H3. The Balaban J connectivity index is 1.84. The highest BCUT2D eigenvalue weighted by Crippen LogP contribution is 2.34. The fourth-order valence-corrected chi connectivity index (χ4v) is 2.87. The lowest BCUT2D eigenvalue weighted by Crippen LogP contribution is -2.27. The summed E-state index contributed by atoms with van der Waals surface area (Å²) >= 11 is 0. The molecule has 2 aromatic rings. The van der Waals surface area contributed by atoms with Gasteiger partial charge in [0.25, 0.3) is 0 Å². The van der Waals surface area contributed by atoms with E-state index in [0.29, 0.717) is 24.7 Å². The summed E-state index contributed by atoms with van der Waals surface area (Å²) in [6.07, 6.45) is 1.26. The Morgan fingerprint density at radius 3 is 2.78 bits per heavy atom. The molecule has 0 bridgehead atoms. The molecular weight excluding hydrogens is 290 g/mol. The SMILES string of the molecule is Cc1cccc(CN2C(=O)CCC2c2nc(C(C)(C)C)no2)c1. The summed E-state index contributed by atoms with van der Waals surface area (Å²) in [5, 5.41) is 4.09. The van der Waals surface area contributed by atoms with E-state index in [1.54, 1.807) is 0 Å². The van der Waals surface area contributed by atoms with E-state index in [0.717, 1.165) is 12.0 Å². The second kappa shape index (κ2) is 5.80. The molecule has 1 aliphatic rings. The summed E-state index contributed by atoms with van der Waals surface area (Å²) in [7, 11) is 0. The molecule has 2 heterocycles. The van der Waals surface area contributed by atoms with Crippen molar-refractivity contribution in [2.45, 2.75) is 58.5 Å². The zero-order valence-corrected chi connectivity index (χ0v) is 14.2. The molecule has 1 aromatic heterocycles. The lowest BCUT2D eigenvalue weighted by Gasteiger charge is -2.22. The van der Waals surface area contributed by atoms with E-state index in [2.05, 4.69) is 29.2 Å². The van der Waals surface area contributed by atoms with Gasteiger partial charge in [-0.1, -0.05) is 55.8 Å². The first kappa shape index (κ1) is 15.7. The minimum atomic E-state index is -0.161. The predicted octanol–water partition coefficient (Wildman–Crippen LogP) is 3.54. The van der Waals surface area contributed by atoms with E-state index >= 15 is 0 Å². The minimum absolute atomic E-state index is 0.119. The number of rotatable bonds is 3. The summed E-state index contributed by atoms with van der Waals surface area (Å²) in [5.41, 5.74) is 2.16. The maximum absolute atomic E-state index is 12.3. The molecule has 5 heteroatoms. The molecular formula is C18H23N3O2. The number of amides is 1. The van der Waals surface area contributed by atoms with Crippen LogP contribution in [-0.4, -0.2) is 20.9 Å². The van der Waals surface area contributed by atoms with Crippen LogP contribution in [0.1, 0.15) is 62.5 Å². The number of nitrogens with zero attached hydrogens (tertiary/aromatic N) is 3. The quantitative estimate of drug-likeness (QED) is 0.869. The van der Waals surface area contributed by atoms with Crippen LogP contribution in [-0.2, 0) is 16.8 Å². The van der Waals surface area contributed by atoms with E-state index < -0.39 is 0 Å². The zero-order chi connectivity index (χ0) is 16.6. The van der Waals surface area contributed by atoms with Crippen molar-refractivity contribution in [3.63, 3.8) is 0 Å². The van der Waals surface area contributed by atoms with Gasteiger partial charge in [0.1, 0.15) is 6.04 Å². The van der Waals surface area contributed by atoms with Gasteiger partial charge in [0.05, 0.1) is 0 Å². The second-order valence-corrected chi connectivity index (χ2v) is 7.27. The third kappa shape index (κ3) is 3.28. The topological polar surface area (TPSA) is 59.2 Å². The molecule has 0 N–H and O–H groups in total. The number of hydrogen-bond acceptors (Lipinski definition) is 4. The van der Waals surface area contributed by atoms with Gasteiger partial charge in [-0.3, -0.25) is 4.79 Å². The molecule has 3 rings (SSSR count). The van der Waals surface area contributed by atoms with Gasteiger partial charge in [-0.25, -0.2) is 0 Å². The Bertz CT molecular complexity index is 715. The highest BCUT2D eigenvalue weighted by molar-refractivity contribution is 5.78. The second-order valence-electron chi connectivity index (χ2n) is 7.27. The zero-order valence-electron chi connectivity index (χ0n) is 14.2. The van der Waals surface area contributed by atoms with Crippen molar-refractivity contribution in [1.29, 1.82) is 0 Å². The summed E-state index contributed by atoms with van der Waals surface area (Å²) in [6.45, 7) is 8.78. The van der Waals surface area contributed by atoms with Crippen LogP contribution in [0.15, 0.2) is 28.8 Å². The summed E-state index contributed by atoms with van der Waals surface area (Å²) in [5.74, 6) is 1.38. The van der Waals surface area contributed by atoms with Crippen LogP contribution in [0, 0.1) is 6.92 Å². The molecule has 0 spiro atoms. The van der Waals surface area contributed by atoms with Crippen molar-refractivity contribution < 1.29 is 9.32 Å². The van der Waals surface area contributed by atoms with Crippen molar-refractivity contribution in [3.8, 4) is 0 Å². The molecule has 5 nitrogen and oxygen atoms in total. The highest BCUT2D eigenvalue weighted by Gasteiger charge is 2.36. The lowest BCUT2D eigenvalue weighted by atomic mass is 9.96. The van der Waals surface area contributed by atoms with Gasteiger partial charge in [-0.05, 0) is 18.9 Å². The Kier molecular flexibility index (Phi) is 3.96. The smallest absolute Gasteiger partial charge is 0.249 e. The molecule has 0 saturated carbocycles. The number of carbonyl (C=O) groups excluding carboxylic acids is 1. The van der Waals surface area contributed by atoms with Gasteiger partial charge >= 0.3 is 0 Å². The maximum atomic E-state index is 12.3. The summed E-state index contributed by atoms with van der Waals surface area (Å²) < 4.78 is 5.46. The Morgan fingerprint density at radius 2 is 2.13 bits per heavy atom. The third-order valence-electron chi connectivity index (χ3n) is 4.16. The van der Waals surface area contributed by atoms with Crippen LogP contribution in [0.2, 0.25) is 0 Å². The van der Waals surface area contributed by atoms with E-state index in [-0.39, 0.29) is 17.4 Å². The molecule has 1 saturated heterocycles. The third-order valence-corrected chi connectivity index (χ3v) is 4.16. The van der Waals surface area contributed by atoms with Crippen molar-refractivity contribution >= 4 is 5.91 Å². The molecule has 122 valence electrons. The predicted molar refractivity (Wildman–Crippen MR) is 86.7 cm³/mol. The molecule has 23 heavy (non-hydrogen) atoms. The monoisotopic (exact) mass is 313 g/mol. The Labute approximate surface area is 136 Å². The molecule has 1 aliphatic heterocycles. The molecule has 0 aliphatic carbocycles. The summed E-state index contributed by atoms with van der Waals surface area (Å²) in [4.78, 5) is 18.7. The molecule has 1 atom stereocenters. The normalized spacial score (nSPS) is 18.7. The van der Waals surface area contributed by atoms with Crippen molar-refractivity contribution in [2.75, 3.05) is 0 Å². The fourth-order valence-electron chi connectivity index (χ4n) is 2.87. The molecule has 1 fully saturated rings. The average Bonchev–Trinajstić information content (AvgIpc) is 3.07. The number of aromatic nitrogens is 2. The Morgan fingerprint density at radius 1 is 1.35 bits per heavy atom. The molecule has 1 aromatic carbocycles. The van der Waals surface area contributed by atoms with E-state index in [1.807, 2.05) is 37.8 Å². The van der Waals surface area contributed by atoms with Gasteiger partial charge < -0.3 is 9.42 Å². The largest absolute Gasteiger partial charge is 0.337 e. The van der Waals surface area contributed by atoms with Crippen molar-refractivity contribution in [3.05, 3.63) is 47.1 Å².